The standard InChI is InChI=1S/C23H23N3O4/c1-16-5-2-3-14-25(16)19-10-8-18(9-11-19)24-23(27)22-13-12-21(30-22)17-6-4-7-20(15-17)26(28)29/h4,6-13,15-16H,2-3,5,14H2,1H3,(H,24,27)/t16-/m1/s1. The van der Waals surface area contributed by atoms with Crippen LogP contribution < -0.4 is 10.2 Å². The van der Waals surface area contributed by atoms with Crippen molar-refractivity contribution >= 4 is 23.0 Å². The van der Waals surface area contributed by atoms with E-state index in [9.17, 15) is 14.9 Å². The lowest BCUT2D eigenvalue weighted by Crippen LogP contribution is -2.37. The van der Waals surface area contributed by atoms with E-state index in [0.29, 0.717) is 23.1 Å². The van der Waals surface area contributed by atoms with Crippen LogP contribution in [0.4, 0.5) is 17.1 Å². The number of rotatable bonds is 5. The molecule has 1 aromatic heterocycles. The van der Waals surface area contributed by atoms with Gasteiger partial charge in [-0.25, -0.2) is 0 Å². The zero-order chi connectivity index (χ0) is 21.1. The molecule has 0 saturated carbocycles. The van der Waals surface area contributed by atoms with E-state index < -0.39 is 4.92 Å². The van der Waals surface area contributed by atoms with Crippen molar-refractivity contribution in [3.8, 4) is 11.3 Å². The van der Waals surface area contributed by atoms with Gasteiger partial charge in [0, 0.05) is 41.7 Å². The first-order valence-corrected chi connectivity index (χ1v) is 10.0. The maximum atomic E-state index is 12.5. The Bertz CT molecular complexity index is 1060. The van der Waals surface area contributed by atoms with Gasteiger partial charge in [0.2, 0.25) is 0 Å². The van der Waals surface area contributed by atoms with E-state index in [0.717, 1.165) is 12.2 Å². The number of amides is 1. The van der Waals surface area contributed by atoms with Crippen LogP contribution in [0.5, 0.6) is 0 Å². The van der Waals surface area contributed by atoms with E-state index in [4.69, 9.17) is 4.42 Å². The number of nitrogens with zero attached hydrogens (tertiary/aromatic N) is 2. The molecule has 1 atom stereocenters. The Balaban J connectivity index is 1.44. The summed E-state index contributed by atoms with van der Waals surface area (Å²) in [5.41, 5.74) is 2.36. The predicted molar refractivity (Wildman–Crippen MR) is 116 cm³/mol. The average molecular weight is 405 g/mol. The van der Waals surface area contributed by atoms with Gasteiger partial charge < -0.3 is 14.6 Å². The molecule has 0 spiro atoms. The van der Waals surface area contributed by atoms with Crippen molar-refractivity contribution < 1.29 is 14.1 Å². The molecule has 0 aliphatic carbocycles. The van der Waals surface area contributed by atoms with Crippen LogP contribution in [0.15, 0.2) is 65.1 Å². The van der Waals surface area contributed by atoms with Gasteiger partial charge in [-0.05, 0) is 62.6 Å². The molecule has 3 aromatic rings. The molecule has 1 fully saturated rings. The summed E-state index contributed by atoms with van der Waals surface area (Å²) < 4.78 is 5.63. The Morgan fingerprint density at radius 1 is 1.13 bits per heavy atom. The number of anilines is 2. The molecule has 1 aliphatic rings. The van der Waals surface area contributed by atoms with Gasteiger partial charge >= 0.3 is 0 Å². The van der Waals surface area contributed by atoms with Gasteiger partial charge in [0.1, 0.15) is 5.76 Å². The average Bonchev–Trinajstić information content (AvgIpc) is 3.25. The summed E-state index contributed by atoms with van der Waals surface area (Å²) in [5, 5.41) is 13.8. The molecule has 1 aliphatic heterocycles. The molecule has 154 valence electrons. The highest BCUT2D eigenvalue weighted by Gasteiger charge is 2.19. The quantitative estimate of drug-likeness (QED) is 0.448. The number of nitro groups is 1. The monoisotopic (exact) mass is 405 g/mol. The lowest BCUT2D eigenvalue weighted by atomic mass is 10.0. The van der Waals surface area contributed by atoms with Crippen LogP contribution in [0.2, 0.25) is 0 Å². The third-order valence-corrected chi connectivity index (χ3v) is 5.43. The first-order valence-electron chi connectivity index (χ1n) is 10.0. The molecule has 0 radical (unpaired) electrons. The van der Waals surface area contributed by atoms with Gasteiger partial charge in [-0.2, -0.15) is 0 Å². The number of furan rings is 1. The Kier molecular flexibility index (Phi) is 5.52. The number of carbonyl (C=O) groups is 1. The van der Waals surface area contributed by atoms with Crippen LogP contribution in [-0.2, 0) is 0 Å². The fourth-order valence-corrected chi connectivity index (χ4v) is 3.80. The van der Waals surface area contributed by atoms with Crippen LogP contribution in [0, 0.1) is 10.1 Å². The zero-order valence-electron chi connectivity index (χ0n) is 16.7. The van der Waals surface area contributed by atoms with Gasteiger partial charge in [0.15, 0.2) is 5.76 Å². The van der Waals surface area contributed by atoms with E-state index in [1.807, 2.05) is 24.3 Å². The summed E-state index contributed by atoms with van der Waals surface area (Å²) in [6, 6.07) is 17.7. The van der Waals surface area contributed by atoms with E-state index in [2.05, 4.69) is 17.1 Å². The molecule has 7 nitrogen and oxygen atoms in total. The van der Waals surface area contributed by atoms with Crippen molar-refractivity contribution in [3.63, 3.8) is 0 Å². The number of hydrogen-bond acceptors (Lipinski definition) is 5. The fraction of sp³-hybridized carbons (Fsp3) is 0.261. The van der Waals surface area contributed by atoms with Crippen molar-refractivity contribution in [2.24, 2.45) is 0 Å². The Hall–Kier alpha value is -3.61. The summed E-state index contributed by atoms with van der Waals surface area (Å²) in [7, 11) is 0. The number of nitro benzene ring substituents is 1. The number of carbonyl (C=O) groups excluding carboxylic acids is 1. The highest BCUT2D eigenvalue weighted by molar-refractivity contribution is 6.02. The number of non-ortho nitro benzene ring substituents is 1. The van der Waals surface area contributed by atoms with Crippen LogP contribution in [0.25, 0.3) is 11.3 Å². The molecule has 1 saturated heterocycles. The summed E-state index contributed by atoms with van der Waals surface area (Å²) in [6.45, 7) is 3.30. The molecule has 0 bridgehead atoms. The molecule has 1 N–H and O–H groups in total. The van der Waals surface area contributed by atoms with Crippen LogP contribution in [0.3, 0.4) is 0 Å². The minimum absolute atomic E-state index is 0.0296. The molecule has 7 heteroatoms. The fourth-order valence-electron chi connectivity index (χ4n) is 3.80. The first kappa shape index (κ1) is 19.7. The van der Waals surface area contributed by atoms with Crippen LogP contribution in [0.1, 0.15) is 36.7 Å². The van der Waals surface area contributed by atoms with Crippen molar-refractivity contribution in [3.05, 3.63) is 76.5 Å². The summed E-state index contributed by atoms with van der Waals surface area (Å²) in [4.78, 5) is 25.4. The lowest BCUT2D eigenvalue weighted by molar-refractivity contribution is -0.384. The maximum absolute atomic E-state index is 12.5. The normalized spacial score (nSPS) is 16.3. The second-order valence-electron chi connectivity index (χ2n) is 7.51. The molecule has 0 unspecified atom stereocenters. The Morgan fingerprint density at radius 2 is 1.93 bits per heavy atom. The molecule has 30 heavy (non-hydrogen) atoms. The summed E-state index contributed by atoms with van der Waals surface area (Å²) >= 11 is 0. The number of nitrogens with one attached hydrogen (secondary N) is 1. The third kappa shape index (κ3) is 4.20. The van der Waals surface area contributed by atoms with E-state index in [-0.39, 0.29) is 17.4 Å². The topological polar surface area (TPSA) is 88.6 Å². The molecular formula is C23H23N3O4. The van der Waals surface area contributed by atoms with E-state index in [1.165, 1.54) is 31.4 Å². The zero-order valence-corrected chi connectivity index (χ0v) is 16.7. The third-order valence-electron chi connectivity index (χ3n) is 5.43. The second kappa shape index (κ2) is 8.41. The van der Waals surface area contributed by atoms with Gasteiger partial charge in [0.05, 0.1) is 4.92 Å². The summed E-state index contributed by atoms with van der Waals surface area (Å²) in [5.74, 6) is 0.175. The highest BCUT2D eigenvalue weighted by Crippen LogP contribution is 2.28. The maximum Gasteiger partial charge on any atom is 0.291 e. The van der Waals surface area contributed by atoms with Crippen molar-refractivity contribution in [2.75, 3.05) is 16.8 Å². The number of hydrogen-bond donors (Lipinski definition) is 1. The molecule has 2 heterocycles. The van der Waals surface area contributed by atoms with Crippen molar-refractivity contribution in [2.45, 2.75) is 32.2 Å². The number of piperidine rings is 1. The smallest absolute Gasteiger partial charge is 0.291 e. The van der Waals surface area contributed by atoms with Crippen LogP contribution >= 0.6 is 0 Å². The van der Waals surface area contributed by atoms with Gasteiger partial charge in [-0.1, -0.05) is 12.1 Å². The van der Waals surface area contributed by atoms with Gasteiger partial charge in [-0.15, -0.1) is 0 Å². The Labute approximate surface area is 174 Å². The largest absolute Gasteiger partial charge is 0.451 e. The summed E-state index contributed by atoms with van der Waals surface area (Å²) in [6.07, 6.45) is 3.67. The molecule has 2 aromatic carbocycles. The highest BCUT2D eigenvalue weighted by atomic mass is 16.6. The van der Waals surface area contributed by atoms with Crippen molar-refractivity contribution in [1.82, 2.24) is 0 Å². The molecular weight excluding hydrogens is 382 g/mol. The minimum atomic E-state index is -0.464. The molecule has 1 amide bonds. The second-order valence-corrected chi connectivity index (χ2v) is 7.51. The van der Waals surface area contributed by atoms with E-state index >= 15 is 0 Å². The van der Waals surface area contributed by atoms with Crippen LogP contribution in [-0.4, -0.2) is 23.4 Å². The molecule has 4 rings (SSSR count). The minimum Gasteiger partial charge on any atom is -0.451 e. The first-order chi connectivity index (χ1) is 14.5. The SMILES string of the molecule is C[C@@H]1CCCCN1c1ccc(NC(=O)c2ccc(-c3cccc([N+](=O)[O-])c3)o2)cc1. The van der Waals surface area contributed by atoms with Gasteiger partial charge in [0.25, 0.3) is 11.6 Å². The predicted octanol–water partition coefficient (Wildman–Crippen LogP) is 5.49. The Morgan fingerprint density at radius 3 is 2.67 bits per heavy atom. The number of benzene rings is 2. The lowest BCUT2D eigenvalue weighted by Gasteiger charge is -2.35. The van der Waals surface area contributed by atoms with Crippen molar-refractivity contribution in [1.29, 1.82) is 0 Å². The van der Waals surface area contributed by atoms with Gasteiger partial charge in [-0.3, -0.25) is 14.9 Å². The van der Waals surface area contributed by atoms with E-state index in [1.54, 1.807) is 24.3 Å².